The van der Waals surface area contributed by atoms with Crippen LogP contribution in [0.4, 0.5) is 5.69 Å². The van der Waals surface area contributed by atoms with Crippen molar-refractivity contribution in [3.8, 4) is 0 Å². The minimum atomic E-state index is -1.36. The first-order valence-electron chi connectivity index (χ1n) is 9.01. The van der Waals surface area contributed by atoms with Crippen LogP contribution in [0.15, 0.2) is 24.3 Å². The highest BCUT2D eigenvalue weighted by Gasteiger charge is 2.71. The summed E-state index contributed by atoms with van der Waals surface area (Å²) in [6.07, 6.45) is 2.68. The van der Waals surface area contributed by atoms with Gasteiger partial charge in [0.1, 0.15) is 0 Å². The zero-order valence-corrected chi connectivity index (χ0v) is 15.0. The highest BCUT2D eigenvalue weighted by molar-refractivity contribution is 5.89. The Morgan fingerprint density at radius 1 is 1.29 bits per heavy atom. The monoisotopic (exact) mass is 329 g/mol. The SMILES string of the molecule is CC(=O)[C@]12CCCCN3c4ccccc4[C@H]([C@H]31)[C@](O)(C(C)(C)C)O2. The number of carbonyl (C=O) groups excluding carboxylic acids is 1. The summed E-state index contributed by atoms with van der Waals surface area (Å²) in [6.45, 7) is 8.53. The zero-order valence-electron chi connectivity index (χ0n) is 15.0. The summed E-state index contributed by atoms with van der Waals surface area (Å²) in [5.74, 6) is -1.51. The quantitative estimate of drug-likeness (QED) is 0.859. The van der Waals surface area contributed by atoms with E-state index in [-0.39, 0.29) is 17.7 Å². The molecule has 1 N–H and O–H groups in total. The van der Waals surface area contributed by atoms with Crippen LogP contribution in [0.3, 0.4) is 0 Å². The van der Waals surface area contributed by atoms with Crippen molar-refractivity contribution >= 4 is 11.5 Å². The molecule has 0 spiro atoms. The number of fused-ring (bicyclic) bond motifs is 3. The van der Waals surface area contributed by atoms with Crippen LogP contribution in [0.5, 0.6) is 0 Å². The Morgan fingerprint density at radius 2 is 2.00 bits per heavy atom. The minimum Gasteiger partial charge on any atom is -0.364 e. The van der Waals surface area contributed by atoms with Crippen LogP contribution in [0.25, 0.3) is 0 Å². The summed E-state index contributed by atoms with van der Waals surface area (Å²) in [7, 11) is 0. The van der Waals surface area contributed by atoms with E-state index in [2.05, 4.69) is 17.0 Å². The van der Waals surface area contributed by atoms with Gasteiger partial charge >= 0.3 is 0 Å². The molecule has 4 rings (SSSR count). The van der Waals surface area contributed by atoms with Gasteiger partial charge in [0, 0.05) is 17.6 Å². The largest absolute Gasteiger partial charge is 0.364 e. The fourth-order valence-corrected chi connectivity index (χ4v) is 5.06. The van der Waals surface area contributed by atoms with Crippen molar-refractivity contribution in [1.82, 2.24) is 0 Å². The number of hydrogen-bond acceptors (Lipinski definition) is 4. The third-order valence-electron chi connectivity index (χ3n) is 6.34. The van der Waals surface area contributed by atoms with Crippen molar-refractivity contribution in [1.29, 1.82) is 0 Å². The lowest BCUT2D eigenvalue weighted by molar-refractivity contribution is -0.275. The molecule has 3 heterocycles. The Balaban J connectivity index is 1.99. The molecule has 0 unspecified atom stereocenters. The average molecular weight is 329 g/mol. The molecule has 0 amide bonds. The van der Waals surface area contributed by atoms with Crippen molar-refractivity contribution in [2.45, 2.75) is 70.3 Å². The first-order chi connectivity index (χ1) is 11.2. The Kier molecular flexibility index (Phi) is 3.24. The molecular formula is C20H27NO3. The third-order valence-corrected chi connectivity index (χ3v) is 6.34. The normalized spacial score (nSPS) is 37.8. The van der Waals surface area contributed by atoms with Gasteiger partial charge < -0.3 is 14.7 Å². The van der Waals surface area contributed by atoms with Crippen molar-refractivity contribution in [2.75, 3.05) is 11.4 Å². The molecule has 2 saturated heterocycles. The van der Waals surface area contributed by atoms with Crippen LogP contribution in [0.1, 0.15) is 58.4 Å². The van der Waals surface area contributed by atoms with Gasteiger partial charge in [0.15, 0.2) is 17.2 Å². The molecule has 3 aliphatic heterocycles. The highest BCUT2D eigenvalue weighted by Crippen LogP contribution is 2.63. The Morgan fingerprint density at radius 3 is 2.67 bits per heavy atom. The maximum atomic E-state index is 12.8. The van der Waals surface area contributed by atoms with Crippen LogP contribution < -0.4 is 4.90 Å². The summed E-state index contributed by atoms with van der Waals surface area (Å²) in [4.78, 5) is 15.1. The van der Waals surface area contributed by atoms with E-state index in [9.17, 15) is 9.90 Å². The van der Waals surface area contributed by atoms with Crippen LogP contribution in [0, 0.1) is 5.41 Å². The molecule has 130 valence electrons. The van der Waals surface area contributed by atoms with Crippen LogP contribution in [-0.2, 0) is 9.53 Å². The number of nitrogens with zero attached hydrogens (tertiary/aromatic N) is 1. The van der Waals surface area contributed by atoms with E-state index in [0.717, 1.165) is 30.6 Å². The second-order valence-corrected chi connectivity index (χ2v) is 8.63. The summed E-state index contributed by atoms with van der Waals surface area (Å²) in [5.41, 5.74) is 0.869. The molecule has 24 heavy (non-hydrogen) atoms. The second kappa shape index (κ2) is 4.83. The standard InChI is InChI=1S/C20H27NO3/c1-13(22)19-11-7-8-12-21-15-10-6-5-9-14(15)16(17(19)21)20(23,24-19)18(2,3)4/h5-6,9-10,16-17,23H,7-8,11-12H2,1-4H3/t16-,17+,19-,20-/m1/s1. The summed E-state index contributed by atoms with van der Waals surface area (Å²) in [5, 5.41) is 11.7. The highest BCUT2D eigenvalue weighted by atomic mass is 16.7. The number of carbonyl (C=O) groups is 1. The molecule has 1 aromatic carbocycles. The summed E-state index contributed by atoms with van der Waals surface area (Å²) < 4.78 is 6.40. The molecular weight excluding hydrogens is 302 g/mol. The third kappa shape index (κ3) is 1.79. The predicted octanol–water partition coefficient (Wildman–Crippen LogP) is 3.24. The fourth-order valence-electron chi connectivity index (χ4n) is 5.06. The Hall–Kier alpha value is -1.39. The first kappa shape index (κ1) is 16.1. The van der Waals surface area contributed by atoms with Crippen molar-refractivity contribution in [3.63, 3.8) is 0 Å². The topological polar surface area (TPSA) is 49.8 Å². The van der Waals surface area contributed by atoms with Crippen molar-refractivity contribution in [3.05, 3.63) is 29.8 Å². The number of aliphatic hydroxyl groups is 1. The molecule has 4 heteroatoms. The number of ketones is 1. The molecule has 2 fully saturated rings. The lowest BCUT2D eigenvalue weighted by atomic mass is 9.72. The second-order valence-electron chi connectivity index (χ2n) is 8.63. The van der Waals surface area contributed by atoms with Gasteiger partial charge in [-0.1, -0.05) is 39.0 Å². The molecule has 4 nitrogen and oxygen atoms in total. The molecule has 0 bridgehead atoms. The van der Waals surface area contributed by atoms with Crippen LogP contribution >= 0.6 is 0 Å². The summed E-state index contributed by atoms with van der Waals surface area (Å²) in [6, 6.07) is 8.15. The number of benzene rings is 1. The van der Waals surface area contributed by atoms with E-state index in [1.807, 2.05) is 32.9 Å². The maximum Gasteiger partial charge on any atom is 0.180 e. The van der Waals surface area contributed by atoms with Gasteiger partial charge in [0.2, 0.25) is 0 Å². The number of anilines is 1. The number of hydrogen-bond donors (Lipinski definition) is 1. The number of Topliss-reactive ketones (excluding diaryl/α,β-unsaturated/α-hetero) is 1. The van der Waals surface area contributed by atoms with Gasteiger partial charge in [-0.25, -0.2) is 0 Å². The first-order valence-corrected chi connectivity index (χ1v) is 9.01. The Bertz CT molecular complexity index is 694. The minimum absolute atomic E-state index is 0.0392. The number of rotatable bonds is 1. The van der Waals surface area contributed by atoms with Crippen LogP contribution in [-0.4, -0.2) is 34.9 Å². The van der Waals surface area contributed by atoms with E-state index in [4.69, 9.17) is 4.74 Å². The van der Waals surface area contributed by atoms with Gasteiger partial charge in [0.05, 0.1) is 12.0 Å². The van der Waals surface area contributed by atoms with E-state index < -0.39 is 16.8 Å². The number of para-hydroxylation sites is 1. The lowest BCUT2D eigenvalue weighted by Crippen LogP contribution is -2.53. The smallest absolute Gasteiger partial charge is 0.180 e. The van der Waals surface area contributed by atoms with Gasteiger partial charge in [-0.2, -0.15) is 0 Å². The molecule has 0 radical (unpaired) electrons. The lowest BCUT2D eigenvalue weighted by Gasteiger charge is -2.41. The van der Waals surface area contributed by atoms with Gasteiger partial charge in [0.25, 0.3) is 0 Å². The molecule has 0 aliphatic carbocycles. The molecule has 3 aliphatic rings. The zero-order chi connectivity index (χ0) is 17.3. The van der Waals surface area contributed by atoms with E-state index in [1.54, 1.807) is 6.92 Å². The molecule has 0 saturated carbocycles. The molecule has 0 aromatic heterocycles. The van der Waals surface area contributed by atoms with Gasteiger partial charge in [-0.05, 0) is 37.8 Å². The fraction of sp³-hybridized carbons (Fsp3) is 0.650. The van der Waals surface area contributed by atoms with Gasteiger partial charge in [-0.3, -0.25) is 4.79 Å². The maximum absolute atomic E-state index is 12.8. The van der Waals surface area contributed by atoms with Crippen molar-refractivity contribution < 1.29 is 14.6 Å². The van der Waals surface area contributed by atoms with Crippen LogP contribution in [0.2, 0.25) is 0 Å². The Labute approximate surface area is 143 Å². The average Bonchev–Trinajstić information content (AvgIpc) is 2.90. The summed E-state index contributed by atoms with van der Waals surface area (Å²) >= 11 is 0. The van der Waals surface area contributed by atoms with E-state index in [0.29, 0.717) is 6.42 Å². The number of ether oxygens (including phenoxy) is 1. The molecule has 4 atom stereocenters. The van der Waals surface area contributed by atoms with E-state index >= 15 is 0 Å². The van der Waals surface area contributed by atoms with Gasteiger partial charge in [-0.15, -0.1) is 0 Å². The van der Waals surface area contributed by atoms with Crippen molar-refractivity contribution in [2.24, 2.45) is 5.41 Å². The van der Waals surface area contributed by atoms with E-state index in [1.165, 1.54) is 0 Å². The predicted molar refractivity (Wildman–Crippen MR) is 93.1 cm³/mol. The molecule has 1 aromatic rings.